The molecule has 7 heteroatoms. The maximum absolute atomic E-state index is 12.2. The first-order valence-electron chi connectivity index (χ1n) is 6.78. The van der Waals surface area contributed by atoms with E-state index >= 15 is 0 Å². The number of amides is 1. The zero-order chi connectivity index (χ0) is 16.9. The lowest BCUT2D eigenvalue weighted by Gasteiger charge is -2.10. The van der Waals surface area contributed by atoms with Crippen molar-refractivity contribution in [2.75, 3.05) is 11.9 Å². The van der Waals surface area contributed by atoms with Crippen LogP contribution in [0.15, 0.2) is 53.4 Å². The number of benzene rings is 2. The van der Waals surface area contributed by atoms with Crippen molar-refractivity contribution in [3.05, 3.63) is 59.7 Å². The topological polar surface area (TPSA) is 99.1 Å². The average Bonchev–Trinajstić information content (AvgIpc) is 2.54. The number of hydrogen-bond acceptors (Lipinski definition) is 4. The number of anilines is 1. The molecule has 0 atom stereocenters. The molecule has 0 fully saturated rings. The molecule has 118 valence electrons. The van der Waals surface area contributed by atoms with E-state index in [9.17, 15) is 13.2 Å². The van der Waals surface area contributed by atoms with Crippen LogP contribution in [0.2, 0.25) is 0 Å². The fraction of sp³-hybridized carbons (Fsp3) is 0.125. The van der Waals surface area contributed by atoms with Crippen molar-refractivity contribution < 1.29 is 13.2 Å². The maximum Gasteiger partial charge on any atom is 0.241 e. The van der Waals surface area contributed by atoms with Crippen LogP contribution in [0.4, 0.5) is 5.69 Å². The Balaban J connectivity index is 2.05. The summed E-state index contributed by atoms with van der Waals surface area (Å²) < 4.78 is 26.6. The summed E-state index contributed by atoms with van der Waals surface area (Å²) in [5.41, 5.74) is 1.24. The second-order valence-electron chi connectivity index (χ2n) is 4.80. The van der Waals surface area contributed by atoms with E-state index in [1.807, 2.05) is 6.07 Å². The van der Waals surface area contributed by atoms with Crippen LogP contribution >= 0.6 is 0 Å². The Hall–Kier alpha value is -2.69. The summed E-state index contributed by atoms with van der Waals surface area (Å²) in [5, 5.41) is 11.5. The smallest absolute Gasteiger partial charge is 0.241 e. The Kier molecular flexibility index (Phi) is 5.11. The van der Waals surface area contributed by atoms with Gasteiger partial charge in [-0.05, 0) is 30.7 Å². The van der Waals surface area contributed by atoms with Crippen LogP contribution in [0.1, 0.15) is 11.1 Å². The Morgan fingerprint density at radius 1 is 1.13 bits per heavy atom. The van der Waals surface area contributed by atoms with E-state index < -0.39 is 22.5 Å². The summed E-state index contributed by atoms with van der Waals surface area (Å²) in [5.74, 6) is -0.551. The van der Waals surface area contributed by atoms with E-state index in [-0.39, 0.29) is 4.90 Å². The van der Waals surface area contributed by atoms with Crippen LogP contribution in [0.25, 0.3) is 0 Å². The molecule has 2 aromatic carbocycles. The number of nitriles is 1. The predicted octanol–water partition coefficient (Wildman–Crippen LogP) is 1.78. The molecule has 0 aliphatic carbocycles. The van der Waals surface area contributed by atoms with Crippen molar-refractivity contribution in [1.82, 2.24) is 4.72 Å². The number of carbonyl (C=O) groups excluding carboxylic acids is 1. The molecular weight excluding hydrogens is 314 g/mol. The molecule has 2 aromatic rings. The second-order valence-corrected chi connectivity index (χ2v) is 6.53. The third kappa shape index (κ3) is 4.16. The van der Waals surface area contributed by atoms with Crippen LogP contribution < -0.4 is 10.0 Å². The van der Waals surface area contributed by atoms with E-state index in [1.165, 1.54) is 6.07 Å². The Morgan fingerprint density at radius 3 is 2.48 bits per heavy atom. The van der Waals surface area contributed by atoms with Crippen molar-refractivity contribution in [3.8, 4) is 6.07 Å². The van der Waals surface area contributed by atoms with Gasteiger partial charge in [-0.1, -0.05) is 30.3 Å². The summed E-state index contributed by atoms with van der Waals surface area (Å²) >= 11 is 0. The highest BCUT2D eigenvalue weighted by Crippen LogP contribution is 2.14. The molecule has 1 amide bonds. The maximum atomic E-state index is 12.2. The Morgan fingerprint density at radius 2 is 1.78 bits per heavy atom. The summed E-state index contributed by atoms with van der Waals surface area (Å²) in [6, 6.07) is 14.9. The fourth-order valence-corrected chi connectivity index (χ4v) is 3.21. The number of nitrogens with one attached hydrogen (secondary N) is 2. The van der Waals surface area contributed by atoms with Crippen LogP contribution in [-0.4, -0.2) is 20.9 Å². The molecule has 0 unspecified atom stereocenters. The third-order valence-electron chi connectivity index (χ3n) is 3.13. The number of para-hydroxylation sites is 1. The normalized spacial score (nSPS) is 10.8. The molecule has 6 nitrogen and oxygen atoms in total. The molecule has 0 saturated heterocycles. The first-order valence-corrected chi connectivity index (χ1v) is 8.26. The van der Waals surface area contributed by atoms with Gasteiger partial charge in [-0.25, -0.2) is 13.1 Å². The predicted molar refractivity (Wildman–Crippen MR) is 86.2 cm³/mol. The highest BCUT2D eigenvalue weighted by molar-refractivity contribution is 7.89. The van der Waals surface area contributed by atoms with Gasteiger partial charge >= 0.3 is 0 Å². The quantitative estimate of drug-likeness (QED) is 0.873. The molecule has 0 spiro atoms. The van der Waals surface area contributed by atoms with E-state index in [1.54, 1.807) is 49.4 Å². The van der Waals surface area contributed by atoms with Crippen molar-refractivity contribution >= 4 is 21.6 Å². The summed E-state index contributed by atoms with van der Waals surface area (Å²) in [4.78, 5) is 12.0. The van der Waals surface area contributed by atoms with Gasteiger partial charge in [0.05, 0.1) is 22.7 Å². The number of rotatable bonds is 5. The van der Waals surface area contributed by atoms with Crippen molar-refractivity contribution in [1.29, 1.82) is 5.26 Å². The van der Waals surface area contributed by atoms with Gasteiger partial charge in [0, 0.05) is 0 Å². The van der Waals surface area contributed by atoms with E-state index in [2.05, 4.69) is 10.0 Å². The highest BCUT2D eigenvalue weighted by Gasteiger charge is 2.17. The Bertz CT molecular complexity index is 870. The lowest BCUT2D eigenvalue weighted by atomic mass is 10.2. The molecule has 0 aromatic heterocycles. The standard InChI is InChI=1S/C16H15N3O3S/c1-12-6-2-5-9-15(12)23(21,22)18-11-16(20)19-14-8-4-3-7-13(14)10-17/h2-9,18H,11H2,1H3,(H,19,20). The lowest BCUT2D eigenvalue weighted by molar-refractivity contribution is -0.115. The lowest BCUT2D eigenvalue weighted by Crippen LogP contribution is -2.33. The van der Waals surface area contributed by atoms with Gasteiger partial charge in [0.1, 0.15) is 6.07 Å². The number of nitrogens with zero attached hydrogens (tertiary/aromatic N) is 1. The van der Waals surface area contributed by atoms with Crippen LogP contribution in [0, 0.1) is 18.3 Å². The minimum atomic E-state index is -3.77. The van der Waals surface area contributed by atoms with Crippen LogP contribution in [0.3, 0.4) is 0 Å². The Labute approximate surface area is 134 Å². The molecular formula is C16H15N3O3S. The van der Waals surface area contributed by atoms with Crippen LogP contribution in [0.5, 0.6) is 0 Å². The molecule has 0 aliphatic heterocycles. The second kappa shape index (κ2) is 7.05. The van der Waals surface area contributed by atoms with E-state index in [0.717, 1.165) is 0 Å². The van der Waals surface area contributed by atoms with E-state index in [4.69, 9.17) is 5.26 Å². The highest BCUT2D eigenvalue weighted by atomic mass is 32.2. The zero-order valence-corrected chi connectivity index (χ0v) is 13.2. The summed E-state index contributed by atoms with van der Waals surface area (Å²) in [7, 11) is -3.77. The molecule has 0 aliphatic rings. The monoisotopic (exact) mass is 329 g/mol. The van der Waals surface area contributed by atoms with Gasteiger partial charge < -0.3 is 5.32 Å². The van der Waals surface area contributed by atoms with Crippen molar-refractivity contribution in [2.24, 2.45) is 0 Å². The number of carbonyl (C=O) groups is 1. The largest absolute Gasteiger partial charge is 0.324 e. The summed E-state index contributed by atoms with van der Waals surface area (Å²) in [6.45, 7) is 1.26. The minimum absolute atomic E-state index is 0.130. The zero-order valence-electron chi connectivity index (χ0n) is 12.4. The number of aryl methyl sites for hydroxylation is 1. The molecule has 0 saturated carbocycles. The van der Waals surface area contributed by atoms with Gasteiger partial charge in [-0.3, -0.25) is 4.79 Å². The molecule has 0 bridgehead atoms. The van der Waals surface area contributed by atoms with Gasteiger partial charge in [-0.15, -0.1) is 0 Å². The van der Waals surface area contributed by atoms with E-state index in [0.29, 0.717) is 16.8 Å². The van der Waals surface area contributed by atoms with Crippen LogP contribution in [-0.2, 0) is 14.8 Å². The molecule has 2 N–H and O–H groups in total. The molecule has 2 rings (SSSR count). The average molecular weight is 329 g/mol. The minimum Gasteiger partial charge on any atom is -0.324 e. The van der Waals surface area contributed by atoms with Gasteiger partial charge in [-0.2, -0.15) is 5.26 Å². The molecule has 0 radical (unpaired) electrons. The summed E-state index contributed by atoms with van der Waals surface area (Å²) in [6.07, 6.45) is 0. The number of hydrogen-bond donors (Lipinski definition) is 2. The molecule has 23 heavy (non-hydrogen) atoms. The fourth-order valence-electron chi connectivity index (χ4n) is 1.98. The van der Waals surface area contributed by atoms with Crippen molar-refractivity contribution in [2.45, 2.75) is 11.8 Å². The molecule has 0 heterocycles. The van der Waals surface area contributed by atoms with Gasteiger partial charge in [0.15, 0.2) is 0 Å². The van der Waals surface area contributed by atoms with Gasteiger partial charge in [0.2, 0.25) is 15.9 Å². The van der Waals surface area contributed by atoms with Crippen molar-refractivity contribution in [3.63, 3.8) is 0 Å². The number of sulfonamides is 1. The SMILES string of the molecule is Cc1ccccc1S(=O)(=O)NCC(=O)Nc1ccccc1C#N. The van der Waals surface area contributed by atoms with Gasteiger partial charge in [0.25, 0.3) is 0 Å². The third-order valence-corrected chi connectivity index (χ3v) is 4.69. The first kappa shape index (κ1) is 16.7. The first-order chi connectivity index (χ1) is 10.9.